The number of amides is 1. The number of aromatic nitrogens is 2. The molecule has 0 unspecified atom stereocenters. The van der Waals surface area contributed by atoms with E-state index in [1.54, 1.807) is 19.1 Å². The van der Waals surface area contributed by atoms with Crippen LogP contribution < -0.4 is 15.6 Å². The zero-order valence-corrected chi connectivity index (χ0v) is 20.0. The van der Waals surface area contributed by atoms with Gasteiger partial charge in [-0.25, -0.2) is 9.78 Å². The molecule has 2 aromatic carbocycles. The summed E-state index contributed by atoms with van der Waals surface area (Å²) in [6.07, 6.45) is 0. The Kier molecular flexibility index (Phi) is 6.88. The highest BCUT2D eigenvalue weighted by Crippen LogP contribution is 2.24. The lowest BCUT2D eigenvalue weighted by molar-refractivity contribution is -0.118. The van der Waals surface area contributed by atoms with Crippen LogP contribution in [0, 0.1) is 20.8 Å². The molecule has 1 amide bonds. The van der Waals surface area contributed by atoms with Gasteiger partial charge in [-0.05, 0) is 56.2 Å². The van der Waals surface area contributed by atoms with Crippen LogP contribution in [-0.2, 0) is 16.1 Å². The Morgan fingerprint density at radius 2 is 1.91 bits per heavy atom. The van der Waals surface area contributed by atoms with Gasteiger partial charge >= 0.3 is 5.97 Å². The van der Waals surface area contributed by atoms with Gasteiger partial charge in [-0.3, -0.25) is 9.59 Å². The second-order valence-electron chi connectivity index (χ2n) is 7.89. The fraction of sp³-hybridized carbons (Fsp3) is 0.200. The van der Waals surface area contributed by atoms with Crippen LogP contribution in [0.5, 0.6) is 5.75 Å². The van der Waals surface area contributed by atoms with E-state index in [0.29, 0.717) is 17.2 Å². The standard InChI is InChI=1S/C25H22ClN3O6/c1-14-5-4-6-21(16(14)3)33-13-23(30)28-20-10-17(7-8-19(20)26)25(32)34-12-18-11-24(31)29-22(27-18)9-15(2)35-29/h4-11H,12-13H2,1-3H3,(H,28,30). The van der Waals surface area contributed by atoms with Crippen LogP contribution in [0.15, 0.2) is 57.8 Å². The third kappa shape index (κ3) is 5.52. The molecule has 2 heterocycles. The molecule has 0 bridgehead atoms. The molecule has 2 aromatic heterocycles. The third-order valence-corrected chi connectivity index (χ3v) is 5.59. The Balaban J connectivity index is 1.40. The monoisotopic (exact) mass is 495 g/mol. The van der Waals surface area contributed by atoms with E-state index in [9.17, 15) is 14.4 Å². The second kappa shape index (κ2) is 10.0. The molecule has 0 aliphatic rings. The average molecular weight is 496 g/mol. The van der Waals surface area contributed by atoms with Crippen LogP contribution >= 0.6 is 11.6 Å². The number of hydrogen-bond acceptors (Lipinski definition) is 7. The first-order valence-corrected chi connectivity index (χ1v) is 11.0. The molecule has 0 atom stereocenters. The number of hydrogen-bond donors (Lipinski definition) is 1. The molecule has 1 N–H and O–H groups in total. The average Bonchev–Trinajstić information content (AvgIpc) is 3.20. The van der Waals surface area contributed by atoms with Crippen molar-refractivity contribution in [1.29, 1.82) is 0 Å². The SMILES string of the molecule is Cc1cc2nc(COC(=O)c3ccc(Cl)c(NC(=O)COc4cccc(C)c4C)c3)cc(=O)n2o1. The number of nitrogens with zero attached hydrogens (tertiary/aromatic N) is 2. The van der Waals surface area contributed by atoms with Crippen LogP contribution in [0.1, 0.15) is 32.9 Å². The van der Waals surface area contributed by atoms with E-state index < -0.39 is 17.4 Å². The van der Waals surface area contributed by atoms with E-state index >= 15 is 0 Å². The van der Waals surface area contributed by atoms with E-state index in [1.807, 2.05) is 26.0 Å². The van der Waals surface area contributed by atoms with Gasteiger partial charge in [0.25, 0.3) is 11.5 Å². The lowest BCUT2D eigenvalue weighted by Gasteiger charge is -2.12. The summed E-state index contributed by atoms with van der Waals surface area (Å²) in [5, 5.41) is 2.89. The number of esters is 1. The van der Waals surface area contributed by atoms with Crippen molar-refractivity contribution in [3.63, 3.8) is 0 Å². The Hall–Kier alpha value is -4.11. The topological polar surface area (TPSA) is 112 Å². The molecule has 35 heavy (non-hydrogen) atoms. The Morgan fingerprint density at radius 3 is 2.71 bits per heavy atom. The lowest BCUT2D eigenvalue weighted by Crippen LogP contribution is -2.21. The number of carbonyl (C=O) groups is 2. The summed E-state index contributed by atoms with van der Waals surface area (Å²) < 4.78 is 17.2. The van der Waals surface area contributed by atoms with Crippen molar-refractivity contribution in [2.24, 2.45) is 0 Å². The molecule has 0 aliphatic carbocycles. The number of benzene rings is 2. The molecule has 180 valence electrons. The molecule has 0 radical (unpaired) electrons. The van der Waals surface area contributed by atoms with Crippen LogP contribution in [0.3, 0.4) is 0 Å². The highest BCUT2D eigenvalue weighted by atomic mass is 35.5. The summed E-state index contributed by atoms with van der Waals surface area (Å²) in [7, 11) is 0. The number of ether oxygens (including phenoxy) is 2. The number of rotatable bonds is 7. The third-order valence-electron chi connectivity index (χ3n) is 5.27. The van der Waals surface area contributed by atoms with Gasteiger partial charge in [0.05, 0.1) is 22.0 Å². The smallest absolute Gasteiger partial charge is 0.338 e. The van der Waals surface area contributed by atoms with Gasteiger partial charge in [0.15, 0.2) is 12.3 Å². The predicted molar refractivity (Wildman–Crippen MR) is 129 cm³/mol. The molecule has 0 fully saturated rings. The minimum absolute atomic E-state index is 0.164. The van der Waals surface area contributed by atoms with E-state index in [1.165, 1.54) is 24.3 Å². The Morgan fingerprint density at radius 1 is 1.11 bits per heavy atom. The maximum absolute atomic E-state index is 12.6. The molecule has 0 aliphatic heterocycles. The van der Waals surface area contributed by atoms with E-state index in [0.717, 1.165) is 15.7 Å². The van der Waals surface area contributed by atoms with Gasteiger partial charge in [-0.1, -0.05) is 23.7 Å². The number of carbonyl (C=O) groups excluding carboxylic acids is 2. The van der Waals surface area contributed by atoms with Crippen molar-refractivity contribution in [3.05, 3.63) is 92.1 Å². The highest BCUT2D eigenvalue weighted by Gasteiger charge is 2.15. The molecule has 9 nitrogen and oxygen atoms in total. The largest absolute Gasteiger partial charge is 0.483 e. The van der Waals surface area contributed by atoms with Gasteiger partial charge in [0.1, 0.15) is 18.1 Å². The molecule has 0 spiro atoms. The summed E-state index contributed by atoms with van der Waals surface area (Å²) in [5.74, 6) is 0.0281. The Labute approximate surface area is 205 Å². The normalized spacial score (nSPS) is 10.9. The van der Waals surface area contributed by atoms with Gasteiger partial charge in [0, 0.05) is 12.1 Å². The minimum atomic E-state index is -0.672. The Bertz CT molecular complexity index is 1490. The summed E-state index contributed by atoms with van der Waals surface area (Å²) in [4.78, 5) is 41.3. The van der Waals surface area contributed by atoms with Crippen LogP contribution in [0.4, 0.5) is 5.69 Å². The van der Waals surface area contributed by atoms with Gasteiger partial charge < -0.3 is 19.3 Å². The molecule has 10 heteroatoms. The molecular weight excluding hydrogens is 474 g/mol. The van der Waals surface area contributed by atoms with Gasteiger partial charge in [-0.2, -0.15) is 0 Å². The second-order valence-corrected chi connectivity index (χ2v) is 8.30. The van der Waals surface area contributed by atoms with Crippen LogP contribution in [0.2, 0.25) is 5.02 Å². The quantitative estimate of drug-likeness (QED) is 0.381. The molecule has 4 rings (SSSR count). The molecular formula is C25H22ClN3O6. The predicted octanol–water partition coefficient (Wildman–Crippen LogP) is 4.24. The zero-order chi connectivity index (χ0) is 25.1. The fourth-order valence-electron chi connectivity index (χ4n) is 3.33. The van der Waals surface area contributed by atoms with Crippen molar-refractivity contribution < 1.29 is 23.6 Å². The maximum Gasteiger partial charge on any atom is 0.338 e. The maximum atomic E-state index is 12.6. The van der Waals surface area contributed by atoms with Crippen molar-refractivity contribution >= 4 is 34.8 Å². The first kappa shape index (κ1) is 24.0. The van der Waals surface area contributed by atoms with Crippen molar-refractivity contribution in [2.45, 2.75) is 27.4 Å². The highest BCUT2D eigenvalue weighted by molar-refractivity contribution is 6.33. The molecule has 4 aromatic rings. The number of aryl methyl sites for hydroxylation is 2. The first-order chi connectivity index (χ1) is 16.7. The zero-order valence-electron chi connectivity index (χ0n) is 19.3. The molecule has 0 saturated heterocycles. The summed E-state index contributed by atoms with van der Waals surface area (Å²) in [6, 6.07) is 12.8. The molecule has 0 saturated carbocycles. The number of nitrogens with one attached hydrogen (secondary N) is 1. The van der Waals surface area contributed by atoms with Crippen LogP contribution in [-0.4, -0.2) is 28.0 Å². The van der Waals surface area contributed by atoms with Crippen molar-refractivity contribution in [2.75, 3.05) is 11.9 Å². The fourth-order valence-corrected chi connectivity index (χ4v) is 3.49. The van der Waals surface area contributed by atoms with Gasteiger partial charge in [0.2, 0.25) is 0 Å². The van der Waals surface area contributed by atoms with Crippen molar-refractivity contribution in [1.82, 2.24) is 9.56 Å². The summed E-state index contributed by atoms with van der Waals surface area (Å²) in [6.45, 7) is 5.11. The lowest BCUT2D eigenvalue weighted by atomic mass is 10.1. The van der Waals surface area contributed by atoms with Gasteiger partial charge in [-0.15, -0.1) is 4.57 Å². The number of halogens is 1. The van der Waals surface area contributed by atoms with Crippen LogP contribution in [0.25, 0.3) is 5.65 Å². The van der Waals surface area contributed by atoms with Crippen molar-refractivity contribution in [3.8, 4) is 5.75 Å². The first-order valence-electron chi connectivity index (χ1n) is 10.7. The summed E-state index contributed by atoms with van der Waals surface area (Å²) >= 11 is 6.19. The van der Waals surface area contributed by atoms with E-state index in [2.05, 4.69) is 10.3 Å². The summed E-state index contributed by atoms with van der Waals surface area (Å²) in [5.41, 5.74) is 2.57. The number of fused-ring (bicyclic) bond motifs is 1. The van der Waals surface area contributed by atoms with E-state index in [4.69, 9.17) is 25.6 Å². The minimum Gasteiger partial charge on any atom is -0.483 e. The number of anilines is 1. The van der Waals surface area contributed by atoms with E-state index in [-0.39, 0.29) is 35.2 Å².